The molecule has 0 saturated carbocycles. The molecular formula is C14H17BN6O4S2. The molecule has 1 unspecified atom stereocenters. The maximum absolute atomic E-state index is 9.69. The number of aryl methyl sites for hydroxylation is 1. The van der Waals surface area contributed by atoms with Gasteiger partial charge in [0, 0.05) is 0 Å². The number of aliphatic hydroxyl groups is 3. The number of ether oxygens (including phenoxy) is 1. The standard InChI is InChI=1S/C14H17BN6O4S2/c1-21-7-17-20-14(21)25-10-4-8(26-3-2-22)5-16-12(10)19-13-18-11(15-27-13)9(24)6-23/h4-5,7,9,22-24H,2-3,6H2,1H3,(H,16,18,19). The first-order valence-corrected chi connectivity index (χ1v) is 9.74. The topological polar surface area (TPSA) is 142 Å². The molecule has 0 fully saturated rings. The Morgan fingerprint density at radius 1 is 1.48 bits per heavy atom. The number of thioether (sulfide) groups is 1. The van der Waals surface area contributed by atoms with Crippen molar-refractivity contribution in [1.82, 2.24) is 24.7 Å². The molecule has 0 aliphatic carbocycles. The number of aromatic nitrogens is 5. The van der Waals surface area contributed by atoms with E-state index in [-0.39, 0.29) is 19.2 Å². The van der Waals surface area contributed by atoms with E-state index >= 15 is 0 Å². The molecule has 0 amide bonds. The minimum atomic E-state index is -0.996. The van der Waals surface area contributed by atoms with E-state index in [4.69, 9.17) is 14.9 Å². The van der Waals surface area contributed by atoms with E-state index < -0.39 is 6.10 Å². The van der Waals surface area contributed by atoms with Crippen molar-refractivity contribution < 1.29 is 20.1 Å². The first-order valence-electron chi connectivity index (χ1n) is 7.87. The SMILES string of the molecule is Cn1cnnc1Oc1cc(SCCO)cnc1/N=c1/[nH]c(C(O)CO)bs1. The zero-order valence-electron chi connectivity index (χ0n) is 14.3. The van der Waals surface area contributed by atoms with E-state index in [1.54, 1.807) is 30.0 Å². The molecule has 3 aromatic rings. The summed E-state index contributed by atoms with van der Waals surface area (Å²) < 4.78 is 7.42. The van der Waals surface area contributed by atoms with Crippen molar-refractivity contribution in [2.24, 2.45) is 12.0 Å². The van der Waals surface area contributed by atoms with E-state index in [1.165, 1.54) is 29.3 Å². The Bertz CT molecular complexity index is 959. The van der Waals surface area contributed by atoms with Gasteiger partial charge in [0.25, 0.3) is 0 Å². The summed E-state index contributed by atoms with van der Waals surface area (Å²) in [5.41, 5.74) is 0.465. The van der Waals surface area contributed by atoms with Gasteiger partial charge in [-0.1, -0.05) is 0 Å². The number of hydrogen-bond acceptors (Lipinski definition) is 10. The predicted octanol–water partition coefficient (Wildman–Crippen LogP) is 0.0726. The Morgan fingerprint density at radius 2 is 2.33 bits per heavy atom. The maximum atomic E-state index is 9.69. The van der Waals surface area contributed by atoms with Crippen molar-refractivity contribution in [3.63, 3.8) is 0 Å². The van der Waals surface area contributed by atoms with Crippen molar-refractivity contribution in [2.45, 2.75) is 11.0 Å². The first kappa shape index (κ1) is 19.7. The van der Waals surface area contributed by atoms with Gasteiger partial charge in [0.1, 0.15) is 0 Å². The molecular weight excluding hydrogens is 391 g/mol. The number of aliphatic hydroxyl groups excluding tert-OH is 3. The molecule has 4 N–H and O–H groups in total. The summed E-state index contributed by atoms with van der Waals surface area (Å²) in [6.45, 7) is -0.335. The van der Waals surface area contributed by atoms with Gasteiger partial charge in [0.2, 0.25) is 0 Å². The molecule has 3 rings (SSSR count). The molecule has 142 valence electrons. The van der Waals surface area contributed by atoms with Gasteiger partial charge in [-0.2, -0.15) is 0 Å². The average molecular weight is 408 g/mol. The van der Waals surface area contributed by atoms with Crippen LogP contribution in [0.4, 0.5) is 5.82 Å². The van der Waals surface area contributed by atoms with Crippen LogP contribution in [-0.2, 0) is 7.05 Å². The number of nitrogens with one attached hydrogen (secondary N) is 1. The molecule has 0 spiro atoms. The van der Waals surface area contributed by atoms with Gasteiger partial charge in [0.15, 0.2) is 0 Å². The molecule has 3 aromatic heterocycles. The zero-order valence-corrected chi connectivity index (χ0v) is 15.9. The van der Waals surface area contributed by atoms with Crippen LogP contribution in [-0.4, -0.2) is 65.2 Å². The first-order chi connectivity index (χ1) is 13.1. The fourth-order valence-corrected chi connectivity index (χ4v) is 3.41. The summed E-state index contributed by atoms with van der Waals surface area (Å²) in [5, 5.41) is 35.4. The number of H-pyrrole nitrogens is 1. The van der Waals surface area contributed by atoms with E-state index in [1.807, 2.05) is 0 Å². The minimum absolute atomic E-state index is 0.0520. The Labute approximate surface area is 162 Å². The van der Waals surface area contributed by atoms with Crippen LogP contribution in [0.15, 0.2) is 28.5 Å². The Hall–Kier alpha value is -2.06. The molecule has 0 aliphatic rings. The van der Waals surface area contributed by atoms with E-state index in [2.05, 4.69) is 25.2 Å². The van der Waals surface area contributed by atoms with Gasteiger partial charge >= 0.3 is 162 Å². The number of hydrogen-bond donors (Lipinski definition) is 4. The van der Waals surface area contributed by atoms with Gasteiger partial charge in [-0.15, -0.1) is 0 Å². The summed E-state index contributed by atoms with van der Waals surface area (Å²) >= 11 is 2.70. The fraction of sp³-hybridized carbons (Fsp3) is 0.357. The second kappa shape index (κ2) is 9.24. The molecule has 0 saturated heterocycles. The third kappa shape index (κ3) is 5.02. The quantitative estimate of drug-likeness (QED) is 0.384. The normalized spacial score (nSPS) is 13.0. The molecule has 0 bridgehead atoms. The van der Waals surface area contributed by atoms with Crippen molar-refractivity contribution in [1.29, 1.82) is 0 Å². The zero-order chi connectivity index (χ0) is 19.2. The Morgan fingerprint density at radius 3 is 3.04 bits per heavy atom. The number of aromatic amines is 1. The van der Waals surface area contributed by atoms with Gasteiger partial charge in [-0.25, -0.2) is 0 Å². The Balaban J connectivity index is 1.96. The predicted molar refractivity (Wildman–Crippen MR) is 100 cm³/mol. The molecule has 0 aromatic carbocycles. The van der Waals surface area contributed by atoms with Gasteiger partial charge in [-0.05, 0) is 0 Å². The van der Waals surface area contributed by atoms with Gasteiger partial charge in [-0.3, -0.25) is 0 Å². The number of pyridine rings is 1. The molecule has 13 heteroatoms. The number of nitrogens with zero attached hydrogens (tertiary/aromatic N) is 5. The molecule has 0 radical (unpaired) electrons. The molecule has 0 aliphatic heterocycles. The van der Waals surface area contributed by atoms with Crippen LogP contribution in [0, 0.1) is 0 Å². The van der Waals surface area contributed by atoms with Crippen molar-refractivity contribution in [3.05, 3.63) is 29.0 Å². The number of rotatable bonds is 8. The molecule has 1 atom stereocenters. The molecule has 27 heavy (non-hydrogen) atoms. The van der Waals surface area contributed by atoms with Crippen LogP contribution in [0.1, 0.15) is 11.7 Å². The summed E-state index contributed by atoms with van der Waals surface area (Å²) in [6.07, 6.45) is 3.83. The summed E-state index contributed by atoms with van der Waals surface area (Å²) in [4.78, 5) is 13.0. The second-order valence-electron chi connectivity index (χ2n) is 5.32. The van der Waals surface area contributed by atoms with Crippen molar-refractivity contribution in [3.8, 4) is 11.8 Å². The fourth-order valence-electron chi connectivity index (χ4n) is 2.00. The van der Waals surface area contributed by atoms with Crippen LogP contribution in [0.3, 0.4) is 0 Å². The summed E-state index contributed by atoms with van der Waals surface area (Å²) in [6, 6.07) is 2.04. The van der Waals surface area contributed by atoms with Gasteiger partial charge in [0.05, 0.1) is 0 Å². The van der Waals surface area contributed by atoms with Crippen LogP contribution >= 0.6 is 22.9 Å². The van der Waals surface area contributed by atoms with E-state index in [9.17, 15) is 5.11 Å². The third-order valence-electron chi connectivity index (χ3n) is 3.33. The monoisotopic (exact) mass is 408 g/mol. The van der Waals surface area contributed by atoms with E-state index in [0.717, 1.165) is 4.90 Å². The third-order valence-corrected chi connectivity index (χ3v) is 5.06. The average Bonchev–Trinajstić information content (AvgIpc) is 3.30. The van der Waals surface area contributed by atoms with Crippen LogP contribution in [0.5, 0.6) is 11.8 Å². The second-order valence-corrected chi connectivity index (χ2v) is 7.35. The summed E-state index contributed by atoms with van der Waals surface area (Å²) in [7, 11) is 1.75. The van der Waals surface area contributed by atoms with Crippen LogP contribution in [0.25, 0.3) is 0 Å². The Kier molecular flexibility index (Phi) is 6.74. The van der Waals surface area contributed by atoms with Crippen molar-refractivity contribution >= 4 is 34.9 Å². The van der Waals surface area contributed by atoms with Crippen LogP contribution < -0.4 is 9.54 Å². The summed E-state index contributed by atoms with van der Waals surface area (Å²) in [5.74, 6) is 1.22. The van der Waals surface area contributed by atoms with E-state index in [0.29, 0.717) is 27.7 Å². The molecule has 10 nitrogen and oxygen atoms in total. The van der Waals surface area contributed by atoms with Crippen LogP contribution in [0.2, 0.25) is 0 Å². The molecule has 3 heterocycles. The van der Waals surface area contributed by atoms with Crippen molar-refractivity contribution in [2.75, 3.05) is 19.0 Å². The van der Waals surface area contributed by atoms with Gasteiger partial charge < -0.3 is 0 Å².